The van der Waals surface area contributed by atoms with E-state index in [1.807, 2.05) is 11.1 Å². The van der Waals surface area contributed by atoms with Gasteiger partial charge in [-0.3, -0.25) is 4.79 Å². The lowest BCUT2D eigenvalue weighted by molar-refractivity contribution is -0.157. The topological polar surface area (TPSA) is 26.3 Å². The Kier molecular flexibility index (Phi) is 5.34. The predicted molar refractivity (Wildman–Crippen MR) is 136 cm³/mol. The van der Waals surface area contributed by atoms with Crippen LogP contribution in [0.15, 0.2) is 11.1 Å². The van der Waals surface area contributed by atoms with Crippen LogP contribution in [0.5, 0.6) is 0 Å². The summed E-state index contributed by atoms with van der Waals surface area (Å²) in [5.41, 5.74) is 5.41. The summed E-state index contributed by atoms with van der Waals surface area (Å²) in [7, 11) is 0. The summed E-state index contributed by atoms with van der Waals surface area (Å²) < 4.78 is 5.64. The molecule has 8 atom stereocenters. The summed E-state index contributed by atoms with van der Waals surface area (Å²) in [6, 6.07) is 0. The highest BCUT2D eigenvalue weighted by molar-refractivity contribution is 5.40. The lowest BCUT2D eigenvalue weighted by atomic mass is 9.37. The van der Waals surface area contributed by atoms with Crippen molar-refractivity contribution in [1.82, 2.24) is 0 Å². The molecule has 0 bridgehead atoms. The second kappa shape index (κ2) is 7.36. The third-order valence-electron chi connectivity index (χ3n) is 13.3. The quantitative estimate of drug-likeness (QED) is 0.316. The van der Waals surface area contributed by atoms with Gasteiger partial charge in [0.25, 0.3) is 6.47 Å². The van der Waals surface area contributed by atoms with E-state index in [2.05, 4.69) is 55.4 Å². The molecule has 0 amide bonds. The van der Waals surface area contributed by atoms with E-state index in [1.165, 1.54) is 57.8 Å². The van der Waals surface area contributed by atoms with Crippen molar-refractivity contribution in [2.24, 2.45) is 50.7 Å². The van der Waals surface area contributed by atoms with Gasteiger partial charge in [-0.1, -0.05) is 66.5 Å². The van der Waals surface area contributed by atoms with Crippen LogP contribution >= 0.6 is 0 Å². The van der Waals surface area contributed by atoms with Crippen molar-refractivity contribution < 1.29 is 9.53 Å². The van der Waals surface area contributed by atoms with E-state index < -0.39 is 0 Å². The predicted octanol–water partition coefficient (Wildman–Crippen LogP) is 8.35. The van der Waals surface area contributed by atoms with E-state index in [-0.39, 0.29) is 16.9 Å². The van der Waals surface area contributed by atoms with Gasteiger partial charge in [0.1, 0.15) is 6.10 Å². The molecule has 0 radical (unpaired) electrons. The lowest BCUT2D eigenvalue weighted by Crippen LogP contribution is -2.59. The molecule has 5 aliphatic rings. The molecular weight excluding hydrogens is 404 g/mol. The summed E-state index contributed by atoms with van der Waals surface area (Å²) >= 11 is 0. The normalized spacial score (nSPS) is 50.8. The fourth-order valence-corrected chi connectivity index (χ4v) is 11.5. The highest BCUT2D eigenvalue weighted by atomic mass is 16.5. The number of hydrogen-bond acceptors (Lipinski definition) is 2. The molecule has 33 heavy (non-hydrogen) atoms. The Morgan fingerprint density at radius 1 is 0.818 bits per heavy atom. The van der Waals surface area contributed by atoms with Gasteiger partial charge in [-0.15, -0.1) is 0 Å². The molecule has 2 heteroatoms. The molecule has 0 spiro atoms. The molecule has 5 aliphatic carbocycles. The highest BCUT2D eigenvalue weighted by Gasteiger charge is 2.67. The first-order chi connectivity index (χ1) is 15.4. The fourth-order valence-electron chi connectivity index (χ4n) is 11.5. The van der Waals surface area contributed by atoms with Crippen LogP contribution in [-0.2, 0) is 9.53 Å². The van der Waals surface area contributed by atoms with Gasteiger partial charge in [-0.05, 0) is 110 Å². The number of ether oxygens (including phenoxy) is 1. The molecule has 186 valence electrons. The minimum absolute atomic E-state index is 0.0508. The number of rotatable bonds is 3. The summed E-state index contributed by atoms with van der Waals surface area (Å²) in [5.74, 6) is 3.21. The van der Waals surface area contributed by atoms with Crippen molar-refractivity contribution in [3.8, 4) is 0 Å². The minimum Gasteiger partial charge on any atom is -0.464 e. The van der Waals surface area contributed by atoms with Crippen LogP contribution in [0, 0.1) is 50.7 Å². The van der Waals surface area contributed by atoms with E-state index >= 15 is 0 Å². The molecule has 0 aromatic carbocycles. The largest absolute Gasteiger partial charge is 0.464 e. The van der Waals surface area contributed by atoms with Crippen molar-refractivity contribution in [3.63, 3.8) is 0 Å². The SMILES string of the molecule is CC(C)C1CCC2C1(C)CCC1(C)C3=C(CCC21C)C1(C)CCC(OC=O)C(C)(C)C1CC3. The van der Waals surface area contributed by atoms with Crippen LogP contribution in [0.2, 0.25) is 0 Å². The first kappa shape index (κ1) is 23.9. The average molecular weight is 455 g/mol. The summed E-state index contributed by atoms with van der Waals surface area (Å²) in [5, 5.41) is 0. The van der Waals surface area contributed by atoms with Gasteiger partial charge in [0.05, 0.1) is 0 Å². The van der Waals surface area contributed by atoms with Crippen molar-refractivity contribution in [3.05, 3.63) is 11.1 Å². The molecule has 0 aromatic heterocycles. The van der Waals surface area contributed by atoms with E-state index in [0.29, 0.717) is 28.6 Å². The zero-order valence-electron chi connectivity index (χ0n) is 22.9. The Labute approximate surface area is 203 Å². The maximum atomic E-state index is 11.2. The van der Waals surface area contributed by atoms with Gasteiger partial charge in [0, 0.05) is 5.41 Å². The molecule has 0 saturated heterocycles. The first-order valence-corrected chi connectivity index (χ1v) is 14.2. The molecular formula is C31H50O2. The molecule has 0 aromatic rings. The smallest absolute Gasteiger partial charge is 0.293 e. The van der Waals surface area contributed by atoms with Crippen LogP contribution < -0.4 is 0 Å². The van der Waals surface area contributed by atoms with Crippen LogP contribution in [-0.4, -0.2) is 12.6 Å². The van der Waals surface area contributed by atoms with Crippen molar-refractivity contribution in [2.75, 3.05) is 0 Å². The highest BCUT2D eigenvalue weighted by Crippen LogP contribution is 2.75. The second-order valence-corrected chi connectivity index (χ2v) is 14.8. The Hall–Kier alpha value is -0.790. The van der Waals surface area contributed by atoms with Gasteiger partial charge >= 0.3 is 0 Å². The molecule has 0 aliphatic heterocycles. The Balaban J connectivity index is 1.54. The summed E-state index contributed by atoms with van der Waals surface area (Å²) in [6.45, 7) is 21.1. The monoisotopic (exact) mass is 454 g/mol. The first-order valence-electron chi connectivity index (χ1n) is 14.2. The van der Waals surface area contributed by atoms with E-state index in [0.717, 1.165) is 24.2 Å². The van der Waals surface area contributed by atoms with Crippen LogP contribution in [0.1, 0.15) is 120 Å². The zero-order chi connectivity index (χ0) is 24.0. The average Bonchev–Trinajstić information content (AvgIpc) is 3.10. The van der Waals surface area contributed by atoms with Crippen molar-refractivity contribution in [1.29, 1.82) is 0 Å². The van der Waals surface area contributed by atoms with Crippen molar-refractivity contribution in [2.45, 2.75) is 126 Å². The molecule has 8 unspecified atom stereocenters. The number of hydrogen-bond donors (Lipinski definition) is 0. The number of allylic oxidation sites excluding steroid dienone is 2. The maximum Gasteiger partial charge on any atom is 0.293 e. The summed E-state index contributed by atoms with van der Waals surface area (Å²) in [4.78, 5) is 11.2. The van der Waals surface area contributed by atoms with Gasteiger partial charge in [0.15, 0.2) is 0 Å². The Morgan fingerprint density at radius 2 is 1.55 bits per heavy atom. The van der Waals surface area contributed by atoms with Crippen molar-refractivity contribution >= 4 is 6.47 Å². The van der Waals surface area contributed by atoms with Gasteiger partial charge < -0.3 is 4.74 Å². The third-order valence-corrected chi connectivity index (χ3v) is 13.3. The fraction of sp³-hybridized carbons (Fsp3) is 0.903. The Morgan fingerprint density at radius 3 is 2.21 bits per heavy atom. The van der Waals surface area contributed by atoms with Gasteiger partial charge in [0.2, 0.25) is 0 Å². The van der Waals surface area contributed by atoms with Crippen LogP contribution in [0.3, 0.4) is 0 Å². The standard InChI is InChI=1S/C31H50O2/c1-20(2)21-9-12-25-29(21,6)17-18-30(7)23-10-11-24-27(3,4)26(33-19-32)14-15-28(24,5)22(23)13-16-31(25,30)8/h19-21,24-26H,9-18H2,1-8H3. The molecule has 0 N–H and O–H groups in total. The zero-order valence-corrected chi connectivity index (χ0v) is 22.9. The number of carbonyl (C=O) groups is 1. The molecule has 2 nitrogen and oxygen atoms in total. The Bertz CT molecular complexity index is 853. The van der Waals surface area contributed by atoms with E-state index in [9.17, 15) is 4.79 Å². The van der Waals surface area contributed by atoms with Crippen LogP contribution in [0.25, 0.3) is 0 Å². The van der Waals surface area contributed by atoms with Gasteiger partial charge in [-0.25, -0.2) is 0 Å². The summed E-state index contributed by atoms with van der Waals surface area (Å²) in [6.07, 6.45) is 13.2. The van der Waals surface area contributed by atoms with Gasteiger partial charge in [-0.2, -0.15) is 0 Å². The maximum absolute atomic E-state index is 11.2. The van der Waals surface area contributed by atoms with E-state index in [4.69, 9.17) is 4.74 Å². The lowest BCUT2D eigenvalue weighted by Gasteiger charge is -2.67. The van der Waals surface area contributed by atoms with E-state index in [1.54, 1.807) is 0 Å². The molecule has 3 saturated carbocycles. The minimum atomic E-state index is 0.0508. The molecule has 0 heterocycles. The van der Waals surface area contributed by atoms with Crippen LogP contribution in [0.4, 0.5) is 0 Å². The third kappa shape index (κ3) is 2.88. The number of fused-ring (bicyclic) bond motifs is 6. The second-order valence-electron chi connectivity index (χ2n) is 14.8. The number of carbonyl (C=O) groups excluding carboxylic acids is 1. The molecule has 5 rings (SSSR count). The molecule has 3 fully saturated rings.